The second-order valence-corrected chi connectivity index (χ2v) is 7.12. The Morgan fingerprint density at radius 2 is 2.08 bits per heavy atom. The van der Waals surface area contributed by atoms with Gasteiger partial charge in [0.2, 0.25) is 0 Å². The number of anilines is 1. The number of aryl methyl sites for hydroxylation is 1. The van der Waals surface area contributed by atoms with Gasteiger partial charge in [-0.15, -0.1) is 0 Å². The molecule has 1 aromatic carbocycles. The highest BCUT2D eigenvalue weighted by Gasteiger charge is 2.21. The number of urea groups is 1. The number of pyridine rings is 1. The summed E-state index contributed by atoms with van der Waals surface area (Å²) in [5, 5.41) is 7.52. The van der Waals surface area contributed by atoms with Gasteiger partial charge in [-0.3, -0.25) is 4.98 Å². The number of halogens is 1. The van der Waals surface area contributed by atoms with Crippen LogP contribution in [0.1, 0.15) is 44.6 Å². The molecule has 128 valence electrons. The van der Waals surface area contributed by atoms with E-state index in [9.17, 15) is 4.79 Å². The van der Waals surface area contributed by atoms with Gasteiger partial charge in [-0.05, 0) is 56.4 Å². The van der Waals surface area contributed by atoms with E-state index in [1.165, 1.54) is 32.1 Å². The van der Waals surface area contributed by atoms with Crippen molar-refractivity contribution in [2.45, 2.75) is 52.0 Å². The van der Waals surface area contributed by atoms with Crippen LogP contribution in [0.4, 0.5) is 10.5 Å². The van der Waals surface area contributed by atoms with Crippen molar-refractivity contribution in [3.8, 4) is 0 Å². The van der Waals surface area contributed by atoms with Crippen LogP contribution in [-0.4, -0.2) is 17.1 Å². The van der Waals surface area contributed by atoms with Crippen molar-refractivity contribution >= 4 is 34.2 Å². The number of carbonyl (C=O) groups excluding carboxylic acids is 1. The van der Waals surface area contributed by atoms with E-state index in [2.05, 4.69) is 22.5 Å². The molecule has 2 N–H and O–H groups in total. The molecule has 0 unspecified atom stereocenters. The summed E-state index contributed by atoms with van der Waals surface area (Å²) in [5.74, 6) is 0.576. The normalized spacial score (nSPS) is 16.8. The maximum absolute atomic E-state index is 12.4. The third-order valence-electron chi connectivity index (χ3n) is 5.06. The van der Waals surface area contributed by atoms with Crippen LogP contribution in [-0.2, 0) is 0 Å². The Balaban J connectivity index is 1.72. The lowest BCUT2D eigenvalue weighted by Crippen LogP contribution is -2.41. The molecule has 4 nitrogen and oxygen atoms in total. The second-order valence-electron chi connectivity index (χ2n) is 6.72. The number of rotatable bonds is 3. The highest BCUT2D eigenvalue weighted by Crippen LogP contribution is 2.31. The van der Waals surface area contributed by atoms with Gasteiger partial charge < -0.3 is 10.6 Å². The van der Waals surface area contributed by atoms with Gasteiger partial charge in [-0.2, -0.15) is 0 Å². The highest BCUT2D eigenvalue weighted by molar-refractivity contribution is 6.36. The number of nitrogens with one attached hydrogen (secondary N) is 2. The molecule has 1 aliphatic carbocycles. The van der Waals surface area contributed by atoms with Crippen molar-refractivity contribution in [1.82, 2.24) is 10.3 Å². The number of hydrogen-bond acceptors (Lipinski definition) is 2. The molecule has 0 saturated heterocycles. The van der Waals surface area contributed by atoms with E-state index in [0.717, 1.165) is 16.5 Å². The lowest BCUT2D eigenvalue weighted by atomic mass is 9.85. The van der Waals surface area contributed by atoms with E-state index in [1.807, 2.05) is 19.1 Å². The largest absolute Gasteiger partial charge is 0.335 e. The van der Waals surface area contributed by atoms with Crippen LogP contribution in [0.2, 0.25) is 5.02 Å². The number of carbonyl (C=O) groups is 1. The summed E-state index contributed by atoms with van der Waals surface area (Å²) >= 11 is 6.33. The van der Waals surface area contributed by atoms with Gasteiger partial charge in [0.25, 0.3) is 0 Å². The van der Waals surface area contributed by atoms with Crippen molar-refractivity contribution < 1.29 is 4.79 Å². The summed E-state index contributed by atoms with van der Waals surface area (Å²) in [6, 6.07) is 5.60. The molecular weight excluding hydrogens is 322 g/mol. The van der Waals surface area contributed by atoms with E-state index in [-0.39, 0.29) is 12.1 Å². The summed E-state index contributed by atoms with van der Waals surface area (Å²) in [5.41, 5.74) is 2.45. The van der Waals surface area contributed by atoms with Gasteiger partial charge in [0.15, 0.2) is 0 Å². The Morgan fingerprint density at radius 1 is 1.33 bits per heavy atom. The molecule has 24 heavy (non-hydrogen) atoms. The molecule has 3 rings (SSSR count). The minimum Gasteiger partial charge on any atom is -0.335 e. The Hall–Kier alpha value is -1.81. The zero-order chi connectivity index (χ0) is 17.1. The molecule has 0 spiro atoms. The smallest absolute Gasteiger partial charge is 0.319 e. The molecule has 1 fully saturated rings. The molecule has 2 aromatic rings. The van der Waals surface area contributed by atoms with Crippen LogP contribution < -0.4 is 10.6 Å². The number of amides is 2. The predicted molar refractivity (Wildman–Crippen MR) is 99.7 cm³/mol. The molecular formula is C19H24ClN3O. The van der Waals surface area contributed by atoms with Crippen LogP contribution in [0.3, 0.4) is 0 Å². The predicted octanol–water partition coefficient (Wildman–Crippen LogP) is 5.29. The number of fused-ring (bicyclic) bond motifs is 1. The maximum Gasteiger partial charge on any atom is 0.319 e. The van der Waals surface area contributed by atoms with E-state index in [1.54, 1.807) is 12.3 Å². The Labute approximate surface area is 148 Å². The number of hydrogen-bond donors (Lipinski definition) is 2. The van der Waals surface area contributed by atoms with Crippen LogP contribution >= 0.6 is 11.6 Å². The molecule has 1 heterocycles. The Kier molecular flexibility index (Phi) is 5.24. The van der Waals surface area contributed by atoms with Crippen molar-refractivity contribution in [1.29, 1.82) is 0 Å². The second kappa shape index (κ2) is 7.39. The highest BCUT2D eigenvalue weighted by atomic mass is 35.5. The minimum absolute atomic E-state index is 0.178. The van der Waals surface area contributed by atoms with Gasteiger partial charge in [-0.25, -0.2) is 4.79 Å². The molecule has 0 radical (unpaired) electrons. The fourth-order valence-electron chi connectivity index (χ4n) is 3.58. The van der Waals surface area contributed by atoms with Crippen LogP contribution in [0.15, 0.2) is 24.4 Å². The molecule has 1 aliphatic rings. The van der Waals surface area contributed by atoms with Crippen molar-refractivity contribution in [2.75, 3.05) is 5.32 Å². The fraction of sp³-hybridized carbons (Fsp3) is 0.474. The van der Waals surface area contributed by atoms with E-state index >= 15 is 0 Å². The summed E-state index contributed by atoms with van der Waals surface area (Å²) < 4.78 is 0. The number of aromatic nitrogens is 1. The molecule has 5 heteroatoms. The zero-order valence-electron chi connectivity index (χ0n) is 14.2. The number of benzene rings is 1. The first-order valence-electron chi connectivity index (χ1n) is 8.67. The molecule has 0 bridgehead atoms. The lowest BCUT2D eigenvalue weighted by molar-refractivity contribution is 0.235. The third-order valence-corrected chi connectivity index (χ3v) is 5.37. The van der Waals surface area contributed by atoms with Crippen LogP contribution in [0.5, 0.6) is 0 Å². The van der Waals surface area contributed by atoms with Gasteiger partial charge >= 0.3 is 6.03 Å². The van der Waals surface area contributed by atoms with Crippen molar-refractivity contribution in [3.63, 3.8) is 0 Å². The fourth-order valence-corrected chi connectivity index (χ4v) is 3.85. The summed E-state index contributed by atoms with van der Waals surface area (Å²) in [6.45, 7) is 4.04. The van der Waals surface area contributed by atoms with Crippen molar-refractivity contribution in [2.24, 2.45) is 5.92 Å². The van der Waals surface area contributed by atoms with Crippen LogP contribution in [0, 0.1) is 12.8 Å². The summed E-state index contributed by atoms with van der Waals surface area (Å²) in [6.07, 6.45) is 7.99. The molecule has 0 aliphatic heterocycles. The average molecular weight is 346 g/mol. The van der Waals surface area contributed by atoms with E-state index in [0.29, 0.717) is 16.6 Å². The quantitative estimate of drug-likeness (QED) is 0.794. The summed E-state index contributed by atoms with van der Waals surface area (Å²) in [4.78, 5) is 16.8. The Morgan fingerprint density at radius 3 is 2.83 bits per heavy atom. The van der Waals surface area contributed by atoms with Gasteiger partial charge in [0.1, 0.15) is 0 Å². The first kappa shape index (κ1) is 17.0. The monoisotopic (exact) mass is 345 g/mol. The van der Waals surface area contributed by atoms with Gasteiger partial charge in [0, 0.05) is 23.3 Å². The topological polar surface area (TPSA) is 54.0 Å². The van der Waals surface area contributed by atoms with E-state index in [4.69, 9.17) is 11.6 Å². The number of nitrogens with zero attached hydrogens (tertiary/aromatic N) is 1. The standard InChI is InChI=1S/C19H24ClN3O/c1-12-17(11-16(20)15-9-6-10-21-18(12)15)23-19(24)22-13(2)14-7-4-3-5-8-14/h6,9-11,13-14H,3-5,7-8H2,1-2H3,(H2,22,23,24)/t13-/m0/s1. The first-order valence-corrected chi connectivity index (χ1v) is 9.05. The SMILES string of the molecule is Cc1c(NC(=O)N[C@@H](C)C2CCCCC2)cc(Cl)c2cccnc12. The molecule has 1 atom stereocenters. The summed E-state index contributed by atoms with van der Waals surface area (Å²) in [7, 11) is 0. The zero-order valence-corrected chi connectivity index (χ0v) is 15.0. The maximum atomic E-state index is 12.4. The molecule has 1 saturated carbocycles. The lowest BCUT2D eigenvalue weighted by Gasteiger charge is -2.28. The van der Waals surface area contributed by atoms with E-state index < -0.39 is 0 Å². The van der Waals surface area contributed by atoms with Gasteiger partial charge in [0.05, 0.1) is 10.5 Å². The van der Waals surface area contributed by atoms with Crippen LogP contribution in [0.25, 0.3) is 10.9 Å². The first-order chi connectivity index (χ1) is 11.6. The molecule has 1 aromatic heterocycles. The molecule has 2 amide bonds. The van der Waals surface area contributed by atoms with Crippen molar-refractivity contribution in [3.05, 3.63) is 35.0 Å². The Bertz CT molecular complexity index is 741. The minimum atomic E-state index is -0.178. The third kappa shape index (κ3) is 3.64. The average Bonchev–Trinajstić information content (AvgIpc) is 2.60. The van der Waals surface area contributed by atoms with Gasteiger partial charge in [-0.1, -0.05) is 30.9 Å².